The molecule has 0 aliphatic carbocycles. The molecule has 2 aromatic rings. The molecule has 0 aliphatic rings. The van der Waals surface area contributed by atoms with Gasteiger partial charge in [-0.2, -0.15) is 5.10 Å². The first kappa shape index (κ1) is 14.6. The Hall–Kier alpha value is -1.81. The van der Waals surface area contributed by atoms with Crippen molar-refractivity contribution in [3.05, 3.63) is 47.8 Å². The molecule has 1 heterocycles. The Morgan fingerprint density at radius 3 is 2.45 bits per heavy atom. The predicted molar refractivity (Wildman–Crippen MR) is 84.1 cm³/mol. The van der Waals surface area contributed by atoms with Crippen LogP contribution in [0.4, 0.5) is 5.69 Å². The van der Waals surface area contributed by atoms with Gasteiger partial charge in [-0.15, -0.1) is 0 Å². The Labute approximate surface area is 121 Å². The SMILES string of the molecule is CNC(CCc1cnn(C)c1)c1ccc(N(C)C)cc1. The molecule has 4 nitrogen and oxygen atoms in total. The molecule has 1 aromatic carbocycles. The van der Waals surface area contributed by atoms with Crippen molar-refractivity contribution in [2.45, 2.75) is 18.9 Å². The maximum Gasteiger partial charge on any atom is 0.0521 e. The van der Waals surface area contributed by atoms with Gasteiger partial charge in [0.05, 0.1) is 6.20 Å². The number of hydrogen-bond acceptors (Lipinski definition) is 3. The molecule has 1 N–H and O–H groups in total. The summed E-state index contributed by atoms with van der Waals surface area (Å²) in [4.78, 5) is 2.12. The van der Waals surface area contributed by atoms with Gasteiger partial charge in [0, 0.05) is 39.1 Å². The molecule has 0 saturated heterocycles. The number of rotatable bonds is 6. The predicted octanol–water partition coefficient (Wildman–Crippen LogP) is 2.38. The van der Waals surface area contributed by atoms with Crippen LogP contribution in [0, 0.1) is 0 Å². The van der Waals surface area contributed by atoms with E-state index in [4.69, 9.17) is 0 Å². The summed E-state index contributed by atoms with van der Waals surface area (Å²) in [6.07, 6.45) is 6.14. The molecule has 0 aliphatic heterocycles. The van der Waals surface area contributed by atoms with Crippen LogP contribution in [0.15, 0.2) is 36.7 Å². The van der Waals surface area contributed by atoms with Gasteiger partial charge < -0.3 is 10.2 Å². The highest BCUT2D eigenvalue weighted by atomic mass is 15.2. The Morgan fingerprint density at radius 2 is 1.95 bits per heavy atom. The van der Waals surface area contributed by atoms with Crippen molar-refractivity contribution in [2.24, 2.45) is 7.05 Å². The minimum Gasteiger partial charge on any atom is -0.378 e. The van der Waals surface area contributed by atoms with Crippen LogP contribution in [0.1, 0.15) is 23.6 Å². The first-order chi connectivity index (χ1) is 9.60. The quantitative estimate of drug-likeness (QED) is 0.876. The zero-order valence-electron chi connectivity index (χ0n) is 12.8. The Bertz CT molecular complexity index is 528. The molecule has 108 valence electrons. The van der Waals surface area contributed by atoms with E-state index >= 15 is 0 Å². The molecular weight excluding hydrogens is 248 g/mol. The summed E-state index contributed by atoms with van der Waals surface area (Å²) in [5.41, 5.74) is 3.86. The van der Waals surface area contributed by atoms with E-state index in [2.05, 4.69) is 59.9 Å². The fourth-order valence-electron chi connectivity index (χ4n) is 2.39. The fourth-order valence-corrected chi connectivity index (χ4v) is 2.39. The first-order valence-electron chi connectivity index (χ1n) is 7.02. The summed E-state index contributed by atoms with van der Waals surface area (Å²) in [6.45, 7) is 0. The van der Waals surface area contributed by atoms with Crippen LogP contribution in [-0.2, 0) is 13.5 Å². The average Bonchev–Trinajstić information content (AvgIpc) is 2.86. The lowest BCUT2D eigenvalue weighted by Gasteiger charge is -2.18. The summed E-state index contributed by atoms with van der Waals surface area (Å²) in [7, 11) is 8.10. The molecule has 0 radical (unpaired) electrons. The smallest absolute Gasteiger partial charge is 0.0521 e. The van der Waals surface area contributed by atoms with E-state index in [0.29, 0.717) is 6.04 Å². The van der Waals surface area contributed by atoms with E-state index in [0.717, 1.165) is 12.8 Å². The second-order valence-electron chi connectivity index (χ2n) is 5.39. The molecule has 2 rings (SSSR count). The summed E-state index contributed by atoms with van der Waals surface area (Å²) in [5, 5.41) is 7.62. The number of nitrogens with zero attached hydrogens (tertiary/aromatic N) is 3. The van der Waals surface area contributed by atoms with Gasteiger partial charge in [0.25, 0.3) is 0 Å². The van der Waals surface area contributed by atoms with Gasteiger partial charge in [-0.3, -0.25) is 4.68 Å². The van der Waals surface area contributed by atoms with Crippen molar-refractivity contribution in [3.8, 4) is 0 Å². The van der Waals surface area contributed by atoms with E-state index in [1.807, 2.05) is 25.0 Å². The minimum absolute atomic E-state index is 0.381. The first-order valence-corrected chi connectivity index (χ1v) is 7.02. The lowest BCUT2D eigenvalue weighted by Crippen LogP contribution is -2.17. The molecule has 1 unspecified atom stereocenters. The van der Waals surface area contributed by atoms with Gasteiger partial charge in [-0.05, 0) is 43.1 Å². The number of benzene rings is 1. The third-order valence-corrected chi connectivity index (χ3v) is 3.64. The number of hydrogen-bond donors (Lipinski definition) is 1. The van der Waals surface area contributed by atoms with Crippen LogP contribution in [-0.4, -0.2) is 30.9 Å². The van der Waals surface area contributed by atoms with E-state index in [1.165, 1.54) is 16.8 Å². The third-order valence-electron chi connectivity index (χ3n) is 3.64. The molecule has 0 amide bonds. The number of aromatic nitrogens is 2. The van der Waals surface area contributed by atoms with Crippen molar-refractivity contribution in [2.75, 3.05) is 26.0 Å². The van der Waals surface area contributed by atoms with Crippen molar-refractivity contribution >= 4 is 5.69 Å². The van der Waals surface area contributed by atoms with Crippen LogP contribution >= 0.6 is 0 Å². The highest BCUT2D eigenvalue weighted by Gasteiger charge is 2.10. The standard InChI is InChI=1S/C16H24N4/c1-17-16(10-5-13-11-18-20(4)12-13)14-6-8-15(9-7-14)19(2)3/h6-9,11-12,16-17H,5,10H2,1-4H3. The molecule has 0 saturated carbocycles. The van der Waals surface area contributed by atoms with Crippen LogP contribution in [0.3, 0.4) is 0 Å². The van der Waals surface area contributed by atoms with Gasteiger partial charge >= 0.3 is 0 Å². The largest absolute Gasteiger partial charge is 0.378 e. The zero-order valence-corrected chi connectivity index (χ0v) is 12.8. The molecule has 0 spiro atoms. The van der Waals surface area contributed by atoms with Crippen molar-refractivity contribution in [1.29, 1.82) is 0 Å². The number of nitrogens with one attached hydrogen (secondary N) is 1. The lowest BCUT2D eigenvalue weighted by molar-refractivity contribution is 0.549. The van der Waals surface area contributed by atoms with Crippen LogP contribution in [0.5, 0.6) is 0 Å². The Kier molecular flexibility index (Phi) is 4.79. The fraction of sp³-hybridized carbons (Fsp3) is 0.438. The maximum absolute atomic E-state index is 4.21. The van der Waals surface area contributed by atoms with Gasteiger partial charge in [-0.1, -0.05) is 12.1 Å². The molecule has 0 fully saturated rings. The molecule has 1 aromatic heterocycles. The molecule has 20 heavy (non-hydrogen) atoms. The molecule has 1 atom stereocenters. The van der Waals surface area contributed by atoms with Crippen LogP contribution in [0.25, 0.3) is 0 Å². The maximum atomic E-state index is 4.21. The second kappa shape index (κ2) is 6.57. The van der Waals surface area contributed by atoms with Gasteiger partial charge in [0.2, 0.25) is 0 Å². The van der Waals surface area contributed by atoms with Crippen LogP contribution < -0.4 is 10.2 Å². The zero-order chi connectivity index (χ0) is 14.5. The van der Waals surface area contributed by atoms with Crippen molar-refractivity contribution in [1.82, 2.24) is 15.1 Å². The molecular formula is C16H24N4. The summed E-state index contributed by atoms with van der Waals surface area (Å²) in [6, 6.07) is 9.14. The van der Waals surface area contributed by atoms with E-state index < -0.39 is 0 Å². The van der Waals surface area contributed by atoms with Crippen molar-refractivity contribution < 1.29 is 0 Å². The number of anilines is 1. The monoisotopic (exact) mass is 272 g/mol. The topological polar surface area (TPSA) is 33.1 Å². The molecule has 0 bridgehead atoms. The normalized spacial score (nSPS) is 12.4. The van der Waals surface area contributed by atoms with Gasteiger partial charge in [0.15, 0.2) is 0 Å². The Morgan fingerprint density at radius 1 is 1.25 bits per heavy atom. The third kappa shape index (κ3) is 3.61. The summed E-state index contributed by atoms with van der Waals surface area (Å²) >= 11 is 0. The van der Waals surface area contributed by atoms with E-state index in [9.17, 15) is 0 Å². The van der Waals surface area contributed by atoms with E-state index in [1.54, 1.807) is 0 Å². The summed E-state index contributed by atoms with van der Waals surface area (Å²) in [5.74, 6) is 0. The second-order valence-corrected chi connectivity index (χ2v) is 5.39. The highest BCUT2D eigenvalue weighted by molar-refractivity contribution is 5.46. The lowest BCUT2D eigenvalue weighted by atomic mass is 10.00. The van der Waals surface area contributed by atoms with Gasteiger partial charge in [0.1, 0.15) is 0 Å². The molecule has 4 heteroatoms. The minimum atomic E-state index is 0.381. The number of aryl methyl sites for hydroxylation is 2. The highest BCUT2D eigenvalue weighted by Crippen LogP contribution is 2.21. The summed E-state index contributed by atoms with van der Waals surface area (Å²) < 4.78 is 1.86. The van der Waals surface area contributed by atoms with Crippen molar-refractivity contribution in [3.63, 3.8) is 0 Å². The van der Waals surface area contributed by atoms with Gasteiger partial charge in [-0.25, -0.2) is 0 Å². The average molecular weight is 272 g/mol. The van der Waals surface area contributed by atoms with E-state index in [-0.39, 0.29) is 0 Å². The van der Waals surface area contributed by atoms with Crippen LogP contribution in [0.2, 0.25) is 0 Å². The Balaban J connectivity index is 2.00.